The molecule has 0 saturated heterocycles. The van der Waals surface area contributed by atoms with Gasteiger partial charge in [0.05, 0.1) is 11.0 Å². The molecule has 21 heavy (non-hydrogen) atoms. The van der Waals surface area contributed by atoms with Gasteiger partial charge in [-0.3, -0.25) is 0 Å². The Balaban J connectivity index is 1.94. The number of alkyl halides is 1. The van der Waals surface area contributed by atoms with Gasteiger partial charge in [0.2, 0.25) is 0 Å². The minimum absolute atomic E-state index is 0.156. The van der Waals surface area contributed by atoms with E-state index in [2.05, 4.69) is 48.8 Å². The lowest BCUT2D eigenvalue weighted by Crippen LogP contribution is -1.99. The van der Waals surface area contributed by atoms with Crippen molar-refractivity contribution in [2.75, 3.05) is 0 Å². The summed E-state index contributed by atoms with van der Waals surface area (Å²) < 4.78 is 1.04. The number of aromatic amines is 2. The highest BCUT2D eigenvalue weighted by Crippen LogP contribution is 2.35. The molecule has 5 heteroatoms. The normalized spacial score (nSPS) is 12.9. The minimum Gasteiger partial charge on any atom is -0.306 e. The number of halogens is 2. The van der Waals surface area contributed by atoms with E-state index >= 15 is 0 Å². The highest BCUT2D eigenvalue weighted by molar-refractivity contribution is 9.11. The summed E-state index contributed by atoms with van der Waals surface area (Å²) in [5.74, 6) is 0. The van der Waals surface area contributed by atoms with Gasteiger partial charge < -0.3 is 9.97 Å². The molecule has 3 nitrogen and oxygen atoms in total. The molecule has 0 spiro atoms. The van der Waals surface area contributed by atoms with Crippen LogP contribution in [0.2, 0.25) is 0 Å². The lowest BCUT2D eigenvalue weighted by molar-refractivity contribution is 0.588. The lowest BCUT2D eigenvalue weighted by Gasteiger charge is -2.12. The van der Waals surface area contributed by atoms with E-state index in [4.69, 9.17) is 0 Å². The SMILES string of the molecule is CCCCCCCCC(Br)c1cc2[nH]c(=O)[nH]c2cc1Br. The fourth-order valence-electron chi connectivity index (χ4n) is 2.57. The zero-order chi connectivity index (χ0) is 15.2. The van der Waals surface area contributed by atoms with Crippen molar-refractivity contribution in [3.63, 3.8) is 0 Å². The van der Waals surface area contributed by atoms with E-state index in [9.17, 15) is 4.79 Å². The fraction of sp³-hybridized carbons (Fsp3) is 0.562. The molecule has 1 aromatic carbocycles. The average molecular weight is 418 g/mol. The molecule has 0 aliphatic rings. The molecular formula is C16H22Br2N2O. The van der Waals surface area contributed by atoms with Crippen molar-refractivity contribution in [3.05, 3.63) is 32.7 Å². The van der Waals surface area contributed by atoms with Crippen LogP contribution in [-0.4, -0.2) is 9.97 Å². The molecule has 0 amide bonds. The van der Waals surface area contributed by atoms with Crippen LogP contribution in [0.15, 0.2) is 21.4 Å². The molecule has 0 saturated carbocycles. The van der Waals surface area contributed by atoms with Gasteiger partial charge in [-0.15, -0.1) is 0 Å². The molecule has 1 atom stereocenters. The molecule has 116 valence electrons. The zero-order valence-corrected chi connectivity index (χ0v) is 15.5. The third-order valence-electron chi connectivity index (χ3n) is 3.78. The molecule has 0 aliphatic heterocycles. The number of hydrogen-bond donors (Lipinski definition) is 2. The first-order valence-corrected chi connectivity index (χ1v) is 9.38. The third-order valence-corrected chi connectivity index (χ3v) is 5.42. The van der Waals surface area contributed by atoms with Gasteiger partial charge in [-0.05, 0) is 24.1 Å². The van der Waals surface area contributed by atoms with Crippen LogP contribution < -0.4 is 5.69 Å². The van der Waals surface area contributed by atoms with Crippen molar-refractivity contribution in [2.24, 2.45) is 0 Å². The first kappa shape index (κ1) is 16.8. The number of aromatic nitrogens is 2. The van der Waals surface area contributed by atoms with E-state index < -0.39 is 0 Å². The number of hydrogen-bond acceptors (Lipinski definition) is 1. The smallest absolute Gasteiger partial charge is 0.306 e. The predicted molar refractivity (Wildman–Crippen MR) is 96.3 cm³/mol. The Kier molecular flexibility index (Phi) is 6.55. The number of rotatable bonds is 8. The molecule has 2 aromatic rings. The van der Waals surface area contributed by atoms with Gasteiger partial charge in [0, 0.05) is 9.30 Å². The van der Waals surface area contributed by atoms with E-state index in [1.165, 1.54) is 44.1 Å². The van der Waals surface area contributed by atoms with Crippen molar-refractivity contribution < 1.29 is 0 Å². The molecule has 1 heterocycles. The van der Waals surface area contributed by atoms with Gasteiger partial charge in [0.15, 0.2) is 0 Å². The molecule has 1 aromatic heterocycles. The van der Waals surface area contributed by atoms with Crippen molar-refractivity contribution >= 4 is 42.9 Å². The second kappa shape index (κ2) is 8.18. The Morgan fingerprint density at radius 1 is 1.05 bits per heavy atom. The van der Waals surface area contributed by atoms with Crippen LogP contribution in [0.3, 0.4) is 0 Å². The van der Waals surface area contributed by atoms with Gasteiger partial charge >= 0.3 is 5.69 Å². The van der Waals surface area contributed by atoms with Gasteiger partial charge in [-0.2, -0.15) is 0 Å². The van der Waals surface area contributed by atoms with E-state index in [1.807, 2.05) is 12.1 Å². The third kappa shape index (κ3) is 4.71. The number of fused-ring (bicyclic) bond motifs is 1. The largest absolute Gasteiger partial charge is 0.323 e. The molecule has 0 fully saturated rings. The summed E-state index contributed by atoms with van der Waals surface area (Å²) in [7, 11) is 0. The summed E-state index contributed by atoms with van der Waals surface area (Å²) >= 11 is 7.38. The van der Waals surface area contributed by atoms with Crippen LogP contribution in [0.4, 0.5) is 0 Å². The van der Waals surface area contributed by atoms with Gasteiger partial charge in [-0.25, -0.2) is 4.79 Å². The van der Waals surface area contributed by atoms with Crippen LogP contribution in [0.1, 0.15) is 62.3 Å². The topological polar surface area (TPSA) is 48.6 Å². The van der Waals surface area contributed by atoms with E-state index in [0.29, 0.717) is 4.83 Å². The van der Waals surface area contributed by atoms with Crippen molar-refractivity contribution in [2.45, 2.75) is 56.7 Å². The second-order valence-corrected chi connectivity index (χ2v) is 7.48. The predicted octanol–water partition coefficient (Wildman–Crippen LogP) is 5.81. The van der Waals surface area contributed by atoms with Crippen molar-refractivity contribution in [3.8, 4) is 0 Å². The molecule has 2 N–H and O–H groups in total. The molecule has 0 radical (unpaired) electrons. The zero-order valence-electron chi connectivity index (χ0n) is 12.3. The fourth-order valence-corrected chi connectivity index (χ4v) is 4.20. The average Bonchev–Trinajstić information content (AvgIpc) is 2.80. The maximum Gasteiger partial charge on any atom is 0.323 e. The maximum absolute atomic E-state index is 11.3. The Bertz CT molecular complexity index is 633. The number of nitrogens with one attached hydrogen (secondary N) is 2. The standard InChI is InChI=1S/C16H22Br2N2O/c1-2-3-4-5-6-7-8-12(17)11-9-14-15(10-13(11)18)20-16(21)19-14/h9-10,12H,2-8H2,1H3,(H2,19,20,21). The molecule has 0 bridgehead atoms. The number of imidazole rings is 1. The first-order valence-electron chi connectivity index (χ1n) is 7.67. The first-order chi connectivity index (χ1) is 10.1. The summed E-state index contributed by atoms with van der Waals surface area (Å²) in [4.78, 5) is 17.3. The van der Waals surface area contributed by atoms with Crippen LogP contribution in [0, 0.1) is 0 Å². The highest BCUT2D eigenvalue weighted by Gasteiger charge is 2.13. The Morgan fingerprint density at radius 3 is 2.38 bits per heavy atom. The summed E-state index contributed by atoms with van der Waals surface area (Å²) in [6.45, 7) is 2.24. The summed E-state index contributed by atoms with van der Waals surface area (Å²) in [5.41, 5.74) is 2.75. The molecule has 0 aliphatic carbocycles. The summed E-state index contributed by atoms with van der Waals surface area (Å²) in [5, 5.41) is 0. The quantitative estimate of drug-likeness (QED) is 0.413. The van der Waals surface area contributed by atoms with Crippen LogP contribution >= 0.6 is 31.9 Å². The van der Waals surface area contributed by atoms with Crippen LogP contribution in [0.5, 0.6) is 0 Å². The van der Waals surface area contributed by atoms with E-state index in [0.717, 1.165) is 21.9 Å². The summed E-state index contributed by atoms with van der Waals surface area (Å²) in [6, 6.07) is 4.02. The molecule has 2 rings (SSSR count). The van der Waals surface area contributed by atoms with Gasteiger partial charge in [0.1, 0.15) is 0 Å². The number of unbranched alkanes of at least 4 members (excludes halogenated alkanes) is 5. The highest BCUT2D eigenvalue weighted by atomic mass is 79.9. The van der Waals surface area contributed by atoms with E-state index in [-0.39, 0.29) is 5.69 Å². The Hall–Kier alpha value is -0.550. The maximum atomic E-state index is 11.3. The lowest BCUT2D eigenvalue weighted by atomic mass is 10.0. The van der Waals surface area contributed by atoms with Crippen molar-refractivity contribution in [1.29, 1.82) is 0 Å². The Morgan fingerprint density at radius 2 is 1.67 bits per heavy atom. The minimum atomic E-state index is -0.156. The van der Waals surface area contributed by atoms with Crippen LogP contribution in [0.25, 0.3) is 11.0 Å². The monoisotopic (exact) mass is 416 g/mol. The molecular weight excluding hydrogens is 396 g/mol. The van der Waals surface area contributed by atoms with Crippen molar-refractivity contribution in [1.82, 2.24) is 9.97 Å². The van der Waals surface area contributed by atoms with Gasteiger partial charge in [-0.1, -0.05) is 77.3 Å². The van der Waals surface area contributed by atoms with E-state index in [1.54, 1.807) is 0 Å². The second-order valence-electron chi connectivity index (χ2n) is 5.52. The number of benzene rings is 1. The molecule has 1 unspecified atom stereocenters. The van der Waals surface area contributed by atoms with Gasteiger partial charge in [0.25, 0.3) is 0 Å². The number of H-pyrrole nitrogens is 2. The Labute approximate surface area is 142 Å². The van der Waals surface area contributed by atoms with Crippen LogP contribution in [-0.2, 0) is 0 Å². The summed E-state index contributed by atoms with van der Waals surface area (Å²) in [6.07, 6.45) is 8.97.